The molecule has 0 atom stereocenters. The summed E-state index contributed by atoms with van der Waals surface area (Å²) in [6.07, 6.45) is 1.75. The lowest BCUT2D eigenvalue weighted by Crippen LogP contribution is -2.13. The molecule has 0 fully saturated rings. The first-order valence-electron chi connectivity index (χ1n) is 5.55. The average Bonchev–Trinajstić information content (AvgIpc) is 2.90. The molecule has 2 aromatic heterocycles. The first-order valence-corrected chi connectivity index (χ1v) is 7.25. The molecule has 0 aliphatic rings. The lowest BCUT2D eigenvalue weighted by molar-refractivity contribution is 1.15. The number of nitrogens with zero attached hydrogens (tertiary/aromatic N) is 2. The molecule has 4 nitrogen and oxygen atoms in total. The van der Waals surface area contributed by atoms with Crippen LogP contribution in [-0.2, 0) is 0 Å². The summed E-state index contributed by atoms with van der Waals surface area (Å²) in [7, 11) is 0. The quantitative estimate of drug-likeness (QED) is 0.573. The molecule has 2 heterocycles. The SMILES string of the molecule is N=C(N)c1cc2ccccc2nc1Sc1nccs1. The van der Waals surface area contributed by atoms with E-state index in [0.29, 0.717) is 5.56 Å². The van der Waals surface area contributed by atoms with E-state index < -0.39 is 0 Å². The van der Waals surface area contributed by atoms with Crippen LogP contribution in [0.3, 0.4) is 0 Å². The first-order chi connectivity index (χ1) is 9.24. The summed E-state index contributed by atoms with van der Waals surface area (Å²) in [6, 6.07) is 9.71. The van der Waals surface area contributed by atoms with Crippen molar-refractivity contribution in [2.45, 2.75) is 9.37 Å². The number of thiazole rings is 1. The molecule has 0 spiro atoms. The van der Waals surface area contributed by atoms with Gasteiger partial charge in [-0.1, -0.05) is 18.2 Å². The van der Waals surface area contributed by atoms with E-state index in [1.807, 2.05) is 35.7 Å². The number of aromatic nitrogens is 2. The number of nitrogens with two attached hydrogens (primary N) is 1. The lowest BCUT2D eigenvalue weighted by atomic mass is 10.1. The van der Waals surface area contributed by atoms with Gasteiger partial charge in [-0.3, -0.25) is 5.41 Å². The highest BCUT2D eigenvalue weighted by atomic mass is 32.2. The number of fused-ring (bicyclic) bond motifs is 1. The number of rotatable bonds is 3. The molecule has 3 N–H and O–H groups in total. The Bertz CT molecular complexity index is 737. The molecule has 0 bridgehead atoms. The topological polar surface area (TPSA) is 75.7 Å². The fourth-order valence-electron chi connectivity index (χ4n) is 1.71. The molecule has 0 aliphatic carbocycles. The van der Waals surface area contributed by atoms with Gasteiger partial charge in [-0.05, 0) is 23.9 Å². The summed E-state index contributed by atoms with van der Waals surface area (Å²) in [5.41, 5.74) is 7.19. The number of benzene rings is 1. The van der Waals surface area contributed by atoms with Crippen molar-refractivity contribution in [3.63, 3.8) is 0 Å². The van der Waals surface area contributed by atoms with Crippen LogP contribution in [0.1, 0.15) is 5.56 Å². The molecule has 0 saturated carbocycles. The van der Waals surface area contributed by atoms with E-state index in [1.54, 1.807) is 17.5 Å². The highest BCUT2D eigenvalue weighted by Gasteiger charge is 2.12. The third kappa shape index (κ3) is 2.45. The Labute approximate surface area is 118 Å². The van der Waals surface area contributed by atoms with Crippen molar-refractivity contribution in [3.05, 3.63) is 47.5 Å². The molecule has 3 rings (SSSR count). The molecule has 0 amide bonds. The molecule has 94 valence electrons. The van der Waals surface area contributed by atoms with Crippen LogP contribution in [0.25, 0.3) is 10.9 Å². The second-order valence-corrected chi connectivity index (χ2v) is 5.98. The fourth-order valence-corrected chi connectivity index (χ4v) is 3.37. The Balaban J connectivity index is 2.15. The van der Waals surface area contributed by atoms with Crippen LogP contribution >= 0.6 is 23.1 Å². The Morgan fingerprint density at radius 1 is 1.32 bits per heavy atom. The van der Waals surface area contributed by atoms with Crippen molar-refractivity contribution in [3.8, 4) is 0 Å². The third-order valence-corrected chi connectivity index (χ3v) is 4.46. The Kier molecular flexibility index (Phi) is 3.18. The average molecular weight is 286 g/mol. The Morgan fingerprint density at radius 3 is 2.89 bits per heavy atom. The van der Waals surface area contributed by atoms with Crippen molar-refractivity contribution in [1.29, 1.82) is 5.41 Å². The van der Waals surface area contributed by atoms with Gasteiger partial charge in [0.1, 0.15) is 10.9 Å². The van der Waals surface area contributed by atoms with Crippen molar-refractivity contribution in [1.82, 2.24) is 9.97 Å². The van der Waals surface area contributed by atoms with Gasteiger partial charge in [-0.15, -0.1) is 11.3 Å². The molecule has 0 radical (unpaired) electrons. The van der Waals surface area contributed by atoms with Gasteiger partial charge in [-0.2, -0.15) is 0 Å². The summed E-state index contributed by atoms with van der Waals surface area (Å²) in [5, 5.41) is 11.3. The van der Waals surface area contributed by atoms with E-state index in [9.17, 15) is 0 Å². The molecule has 1 aromatic carbocycles. The number of hydrogen-bond acceptors (Lipinski definition) is 5. The number of para-hydroxylation sites is 1. The van der Waals surface area contributed by atoms with Crippen LogP contribution in [0.15, 0.2) is 51.3 Å². The van der Waals surface area contributed by atoms with Gasteiger partial charge in [0.15, 0.2) is 4.34 Å². The van der Waals surface area contributed by atoms with Crippen LogP contribution in [0.4, 0.5) is 0 Å². The normalized spacial score (nSPS) is 10.7. The van der Waals surface area contributed by atoms with Gasteiger partial charge in [0.2, 0.25) is 0 Å². The van der Waals surface area contributed by atoms with E-state index in [4.69, 9.17) is 11.1 Å². The summed E-state index contributed by atoms with van der Waals surface area (Å²) >= 11 is 2.98. The predicted octanol–water partition coefficient (Wildman–Crippen LogP) is 3.13. The highest BCUT2D eigenvalue weighted by Crippen LogP contribution is 2.31. The van der Waals surface area contributed by atoms with E-state index in [-0.39, 0.29) is 5.84 Å². The largest absolute Gasteiger partial charge is 0.384 e. The second-order valence-electron chi connectivity index (χ2n) is 3.85. The monoisotopic (exact) mass is 286 g/mol. The zero-order chi connectivity index (χ0) is 13.2. The second kappa shape index (κ2) is 4.99. The molecular formula is C13H10N4S2. The minimum atomic E-state index is 0.0253. The molecule has 0 unspecified atom stereocenters. The number of hydrogen-bond donors (Lipinski definition) is 2. The van der Waals surface area contributed by atoms with E-state index in [1.165, 1.54) is 11.8 Å². The van der Waals surface area contributed by atoms with Crippen LogP contribution in [0.2, 0.25) is 0 Å². The highest BCUT2D eigenvalue weighted by molar-refractivity contribution is 8.01. The molecular weight excluding hydrogens is 276 g/mol. The van der Waals surface area contributed by atoms with Crippen molar-refractivity contribution in [2.24, 2.45) is 5.73 Å². The van der Waals surface area contributed by atoms with Gasteiger partial charge in [0, 0.05) is 22.5 Å². The number of amidine groups is 1. The molecule has 0 saturated heterocycles. The van der Waals surface area contributed by atoms with E-state index >= 15 is 0 Å². The van der Waals surface area contributed by atoms with Crippen LogP contribution < -0.4 is 5.73 Å². The molecule has 6 heteroatoms. The van der Waals surface area contributed by atoms with Gasteiger partial charge < -0.3 is 5.73 Å². The predicted molar refractivity (Wildman–Crippen MR) is 79.0 cm³/mol. The van der Waals surface area contributed by atoms with Crippen LogP contribution in [0, 0.1) is 5.41 Å². The van der Waals surface area contributed by atoms with Gasteiger partial charge in [-0.25, -0.2) is 9.97 Å². The first kappa shape index (κ1) is 12.1. The molecule has 19 heavy (non-hydrogen) atoms. The summed E-state index contributed by atoms with van der Waals surface area (Å²) in [4.78, 5) is 8.80. The number of nitrogen functional groups attached to an aromatic ring is 1. The smallest absolute Gasteiger partial charge is 0.156 e. The van der Waals surface area contributed by atoms with Crippen LogP contribution in [-0.4, -0.2) is 15.8 Å². The Morgan fingerprint density at radius 2 is 2.16 bits per heavy atom. The number of nitrogens with one attached hydrogen (secondary N) is 1. The Hall–Kier alpha value is -1.92. The van der Waals surface area contributed by atoms with Crippen molar-refractivity contribution >= 4 is 39.8 Å². The van der Waals surface area contributed by atoms with Crippen molar-refractivity contribution < 1.29 is 0 Å². The summed E-state index contributed by atoms with van der Waals surface area (Å²) in [5.74, 6) is 0.0253. The molecule has 3 aromatic rings. The maximum Gasteiger partial charge on any atom is 0.156 e. The van der Waals surface area contributed by atoms with E-state index in [0.717, 1.165) is 20.3 Å². The number of pyridine rings is 1. The van der Waals surface area contributed by atoms with Gasteiger partial charge in [0.05, 0.1) is 5.52 Å². The minimum Gasteiger partial charge on any atom is -0.384 e. The van der Waals surface area contributed by atoms with Gasteiger partial charge in [0.25, 0.3) is 0 Å². The summed E-state index contributed by atoms with van der Waals surface area (Å²) in [6.45, 7) is 0. The van der Waals surface area contributed by atoms with Gasteiger partial charge >= 0.3 is 0 Å². The zero-order valence-electron chi connectivity index (χ0n) is 9.83. The summed E-state index contributed by atoms with van der Waals surface area (Å²) < 4.78 is 0.894. The van der Waals surface area contributed by atoms with E-state index in [2.05, 4.69) is 9.97 Å². The lowest BCUT2D eigenvalue weighted by Gasteiger charge is -2.07. The minimum absolute atomic E-state index is 0.0253. The maximum atomic E-state index is 7.69. The third-order valence-electron chi connectivity index (χ3n) is 2.57. The fraction of sp³-hybridized carbons (Fsp3) is 0. The zero-order valence-corrected chi connectivity index (χ0v) is 11.5. The maximum absolute atomic E-state index is 7.69. The van der Waals surface area contributed by atoms with Crippen LogP contribution in [0.5, 0.6) is 0 Å². The molecule has 0 aliphatic heterocycles. The van der Waals surface area contributed by atoms with Crippen molar-refractivity contribution in [2.75, 3.05) is 0 Å². The standard InChI is InChI=1S/C13H10N4S2/c14-11(15)9-7-8-3-1-2-4-10(8)17-12(9)19-13-16-5-6-18-13/h1-7H,(H3,14,15).